The quantitative estimate of drug-likeness (QED) is 0.509. The third-order valence-electron chi connectivity index (χ3n) is 0.650. The van der Waals surface area contributed by atoms with E-state index in [4.69, 9.17) is 9.79 Å². The molecule has 0 rings (SSSR count). The molecule has 0 amide bonds. The van der Waals surface area contributed by atoms with E-state index < -0.39 is 19.9 Å². The van der Waals surface area contributed by atoms with Crippen molar-refractivity contribution in [3.8, 4) is 0 Å². The molecule has 66 valence electrons. The van der Waals surface area contributed by atoms with Crippen LogP contribution in [0.25, 0.3) is 0 Å². The highest BCUT2D eigenvalue weighted by molar-refractivity contribution is 7.51. The molecule has 7 heteroatoms. The molecule has 0 spiro atoms. The summed E-state index contributed by atoms with van der Waals surface area (Å²) in [6.45, 7) is 0. The lowest BCUT2D eigenvalue weighted by Crippen LogP contribution is -2.01. The summed E-state index contributed by atoms with van der Waals surface area (Å²) in [7, 11) is -4.34. The molecule has 0 aliphatic carbocycles. The standard InChI is InChI=1S/C4H6F3O3P/c5-4(6,7)2-1-3-11(8,9)10/h1-2H,3H2,(H2,8,9,10). The highest BCUT2D eigenvalue weighted by Crippen LogP contribution is 2.34. The van der Waals surface area contributed by atoms with Crippen LogP contribution in [0.5, 0.6) is 0 Å². The molecule has 0 fully saturated rings. The van der Waals surface area contributed by atoms with Crippen molar-refractivity contribution in [2.75, 3.05) is 6.16 Å². The van der Waals surface area contributed by atoms with Crippen molar-refractivity contribution in [3.05, 3.63) is 12.2 Å². The Morgan fingerprint density at radius 1 is 1.36 bits per heavy atom. The SMILES string of the molecule is O=P(O)(O)CC=CC(F)(F)F. The summed E-state index contributed by atoms with van der Waals surface area (Å²) >= 11 is 0. The molecule has 0 radical (unpaired) electrons. The molecular formula is C4H6F3O3P. The fourth-order valence-electron chi connectivity index (χ4n) is 0.324. The van der Waals surface area contributed by atoms with Gasteiger partial charge in [0.1, 0.15) is 0 Å². The van der Waals surface area contributed by atoms with Gasteiger partial charge < -0.3 is 9.79 Å². The molecule has 11 heavy (non-hydrogen) atoms. The number of hydrogen-bond donors (Lipinski definition) is 2. The van der Waals surface area contributed by atoms with E-state index in [-0.39, 0.29) is 6.08 Å². The van der Waals surface area contributed by atoms with Gasteiger partial charge in [-0.25, -0.2) is 0 Å². The van der Waals surface area contributed by atoms with Crippen LogP contribution < -0.4 is 0 Å². The topological polar surface area (TPSA) is 57.5 Å². The molecule has 0 saturated carbocycles. The fraction of sp³-hybridized carbons (Fsp3) is 0.500. The largest absolute Gasteiger partial charge is 0.409 e. The minimum absolute atomic E-state index is 0.202. The van der Waals surface area contributed by atoms with E-state index in [9.17, 15) is 17.7 Å². The van der Waals surface area contributed by atoms with Gasteiger partial charge in [0.15, 0.2) is 0 Å². The number of rotatable bonds is 2. The van der Waals surface area contributed by atoms with Gasteiger partial charge in [0.05, 0.1) is 6.16 Å². The van der Waals surface area contributed by atoms with Crippen LogP contribution in [-0.4, -0.2) is 22.1 Å². The van der Waals surface area contributed by atoms with Crippen LogP contribution in [0.4, 0.5) is 13.2 Å². The van der Waals surface area contributed by atoms with Gasteiger partial charge in [-0.2, -0.15) is 13.2 Å². The highest BCUT2D eigenvalue weighted by atomic mass is 31.2. The smallest absolute Gasteiger partial charge is 0.324 e. The monoisotopic (exact) mass is 190 g/mol. The summed E-state index contributed by atoms with van der Waals surface area (Å²) in [6.07, 6.45) is -5.19. The molecule has 0 aromatic carbocycles. The highest BCUT2D eigenvalue weighted by Gasteiger charge is 2.22. The van der Waals surface area contributed by atoms with Gasteiger partial charge in [-0.3, -0.25) is 4.57 Å². The molecule has 2 N–H and O–H groups in total. The summed E-state index contributed by atoms with van der Waals surface area (Å²) < 4.78 is 43.9. The first-order valence-electron chi connectivity index (χ1n) is 2.50. The van der Waals surface area contributed by atoms with Gasteiger partial charge in [0, 0.05) is 6.08 Å². The summed E-state index contributed by atoms with van der Waals surface area (Å²) in [5.74, 6) is 0. The van der Waals surface area contributed by atoms with Crippen molar-refractivity contribution in [1.82, 2.24) is 0 Å². The van der Waals surface area contributed by atoms with Gasteiger partial charge in [-0.1, -0.05) is 6.08 Å². The predicted octanol–water partition coefficient (Wildman–Crippen LogP) is 1.28. The second kappa shape index (κ2) is 3.38. The number of alkyl halides is 3. The Labute approximate surface area is 60.7 Å². The molecule has 0 bridgehead atoms. The van der Waals surface area contributed by atoms with Crippen LogP contribution in [0, 0.1) is 0 Å². The molecule has 0 heterocycles. The van der Waals surface area contributed by atoms with Crippen molar-refractivity contribution in [2.45, 2.75) is 6.18 Å². The molecule has 0 unspecified atom stereocenters. The lowest BCUT2D eigenvalue weighted by Gasteiger charge is -1.99. The van der Waals surface area contributed by atoms with Gasteiger partial charge in [-0.15, -0.1) is 0 Å². The van der Waals surface area contributed by atoms with E-state index in [1.807, 2.05) is 0 Å². The molecule has 0 aliphatic rings. The molecule has 0 aromatic heterocycles. The van der Waals surface area contributed by atoms with Crippen LogP contribution in [0.15, 0.2) is 12.2 Å². The van der Waals surface area contributed by atoms with E-state index in [0.717, 1.165) is 0 Å². The first kappa shape index (κ1) is 10.7. The van der Waals surface area contributed by atoms with Gasteiger partial charge >= 0.3 is 13.8 Å². The summed E-state index contributed by atoms with van der Waals surface area (Å²) in [6, 6.07) is 0. The maximum absolute atomic E-state index is 11.3. The van der Waals surface area contributed by atoms with Crippen LogP contribution in [0.1, 0.15) is 0 Å². The second-order valence-electron chi connectivity index (χ2n) is 1.79. The Balaban J connectivity index is 3.90. The van der Waals surface area contributed by atoms with Gasteiger partial charge in [-0.05, 0) is 0 Å². The van der Waals surface area contributed by atoms with Crippen molar-refractivity contribution < 1.29 is 27.5 Å². The molecule has 0 aliphatic heterocycles. The van der Waals surface area contributed by atoms with E-state index in [0.29, 0.717) is 6.08 Å². The summed E-state index contributed by atoms with van der Waals surface area (Å²) in [5, 5.41) is 0. The Bertz CT molecular complexity index is 191. The Kier molecular flexibility index (Phi) is 3.29. The zero-order valence-corrected chi connectivity index (χ0v) is 6.14. The Morgan fingerprint density at radius 3 is 2.09 bits per heavy atom. The van der Waals surface area contributed by atoms with Crippen molar-refractivity contribution in [1.29, 1.82) is 0 Å². The molecule has 0 aromatic rings. The number of halogens is 3. The lowest BCUT2D eigenvalue weighted by molar-refractivity contribution is -0.0799. The molecular weight excluding hydrogens is 184 g/mol. The third-order valence-corrected chi connectivity index (χ3v) is 1.34. The lowest BCUT2D eigenvalue weighted by atomic mass is 10.5. The predicted molar refractivity (Wildman–Crippen MR) is 32.1 cm³/mol. The van der Waals surface area contributed by atoms with Crippen molar-refractivity contribution in [3.63, 3.8) is 0 Å². The summed E-state index contributed by atoms with van der Waals surface area (Å²) in [5.41, 5.74) is 0. The first-order valence-corrected chi connectivity index (χ1v) is 4.29. The minimum atomic E-state index is -4.50. The minimum Gasteiger partial charge on any atom is -0.324 e. The average Bonchev–Trinajstić information content (AvgIpc) is 1.55. The first-order chi connectivity index (χ1) is 4.71. The van der Waals surface area contributed by atoms with E-state index >= 15 is 0 Å². The fourth-order valence-corrected chi connectivity index (χ4v) is 0.704. The molecule has 3 nitrogen and oxygen atoms in total. The summed E-state index contributed by atoms with van der Waals surface area (Å²) in [4.78, 5) is 16.2. The average molecular weight is 190 g/mol. The van der Waals surface area contributed by atoms with Crippen molar-refractivity contribution >= 4 is 7.60 Å². The van der Waals surface area contributed by atoms with Gasteiger partial charge in [0.2, 0.25) is 0 Å². The van der Waals surface area contributed by atoms with Crippen LogP contribution in [-0.2, 0) is 4.57 Å². The third kappa shape index (κ3) is 9.68. The van der Waals surface area contributed by atoms with E-state index in [2.05, 4.69) is 0 Å². The van der Waals surface area contributed by atoms with Crippen LogP contribution in [0.2, 0.25) is 0 Å². The molecule has 0 saturated heterocycles. The Morgan fingerprint density at radius 2 is 1.82 bits per heavy atom. The molecule has 0 atom stereocenters. The number of hydrogen-bond acceptors (Lipinski definition) is 1. The number of allylic oxidation sites excluding steroid dienone is 2. The zero-order chi connectivity index (χ0) is 9.12. The van der Waals surface area contributed by atoms with Crippen LogP contribution in [0.3, 0.4) is 0 Å². The maximum atomic E-state index is 11.3. The van der Waals surface area contributed by atoms with Crippen molar-refractivity contribution in [2.24, 2.45) is 0 Å². The zero-order valence-electron chi connectivity index (χ0n) is 5.25. The van der Waals surface area contributed by atoms with E-state index in [1.54, 1.807) is 0 Å². The van der Waals surface area contributed by atoms with Gasteiger partial charge in [0.25, 0.3) is 0 Å². The van der Waals surface area contributed by atoms with Crippen LogP contribution >= 0.6 is 7.60 Å². The Hall–Kier alpha value is -0.320. The van der Waals surface area contributed by atoms with E-state index in [1.165, 1.54) is 0 Å². The second-order valence-corrected chi connectivity index (χ2v) is 3.49. The maximum Gasteiger partial charge on any atom is 0.409 e. The normalized spacial score (nSPS) is 14.3.